The average molecular weight is 246 g/mol. The van der Waals surface area contributed by atoms with E-state index < -0.39 is 0 Å². The van der Waals surface area contributed by atoms with Crippen LogP contribution in [0.1, 0.15) is 6.92 Å². The Morgan fingerprint density at radius 3 is 2.94 bits per heavy atom. The molecule has 0 fully saturated rings. The summed E-state index contributed by atoms with van der Waals surface area (Å²) in [7, 11) is 0. The number of aromatic nitrogens is 3. The van der Waals surface area contributed by atoms with Crippen molar-refractivity contribution in [3.8, 4) is 11.3 Å². The first-order valence-corrected chi connectivity index (χ1v) is 5.58. The lowest BCUT2D eigenvalue weighted by Gasteiger charge is -2.07. The normalized spacial score (nSPS) is 10.3. The predicted molar refractivity (Wildman–Crippen MR) is 66.5 cm³/mol. The Bertz CT molecular complexity index is 533. The number of esters is 1. The first-order valence-electron chi connectivity index (χ1n) is 5.58. The van der Waals surface area contributed by atoms with Gasteiger partial charge in [-0.15, -0.1) is 0 Å². The molecule has 0 unspecified atom stereocenters. The minimum absolute atomic E-state index is 0.132. The van der Waals surface area contributed by atoms with E-state index in [0.29, 0.717) is 12.4 Å². The van der Waals surface area contributed by atoms with Crippen molar-refractivity contribution in [2.45, 2.75) is 13.5 Å². The lowest BCUT2D eigenvalue weighted by molar-refractivity contribution is -0.143. The molecule has 2 aromatic rings. The maximum atomic E-state index is 11.4. The molecule has 0 spiro atoms. The third-order valence-corrected chi connectivity index (χ3v) is 2.40. The molecule has 6 heteroatoms. The fourth-order valence-corrected chi connectivity index (χ4v) is 1.59. The van der Waals surface area contributed by atoms with Crippen molar-refractivity contribution in [2.75, 3.05) is 12.3 Å². The van der Waals surface area contributed by atoms with Crippen LogP contribution in [0.4, 0.5) is 5.82 Å². The van der Waals surface area contributed by atoms with E-state index in [-0.39, 0.29) is 12.5 Å². The van der Waals surface area contributed by atoms with Crippen LogP contribution in [0.15, 0.2) is 30.9 Å². The molecule has 0 saturated heterocycles. The summed E-state index contributed by atoms with van der Waals surface area (Å²) in [6.07, 6.45) is 4.91. The monoisotopic (exact) mass is 246 g/mol. The molecule has 0 bridgehead atoms. The Kier molecular flexibility index (Phi) is 3.57. The van der Waals surface area contributed by atoms with Gasteiger partial charge in [-0.25, -0.2) is 9.97 Å². The Hall–Kier alpha value is -2.37. The Balaban J connectivity index is 2.22. The van der Waals surface area contributed by atoms with E-state index in [2.05, 4.69) is 9.97 Å². The maximum absolute atomic E-state index is 11.4. The van der Waals surface area contributed by atoms with Crippen LogP contribution in [0, 0.1) is 0 Å². The molecule has 0 aliphatic rings. The van der Waals surface area contributed by atoms with Crippen LogP contribution in [0.2, 0.25) is 0 Å². The molecule has 18 heavy (non-hydrogen) atoms. The van der Waals surface area contributed by atoms with Gasteiger partial charge in [-0.1, -0.05) is 0 Å². The van der Waals surface area contributed by atoms with E-state index >= 15 is 0 Å². The number of carbonyl (C=O) groups is 1. The summed E-state index contributed by atoms with van der Waals surface area (Å²) in [6.45, 7) is 2.27. The molecule has 2 N–H and O–H groups in total. The van der Waals surface area contributed by atoms with Crippen LogP contribution in [0.5, 0.6) is 0 Å². The van der Waals surface area contributed by atoms with Crippen molar-refractivity contribution >= 4 is 11.8 Å². The second-order valence-electron chi connectivity index (χ2n) is 3.68. The second kappa shape index (κ2) is 5.31. The van der Waals surface area contributed by atoms with Crippen LogP contribution in [0.25, 0.3) is 11.3 Å². The molecule has 0 aliphatic heterocycles. The van der Waals surface area contributed by atoms with Gasteiger partial charge in [0.15, 0.2) is 0 Å². The van der Waals surface area contributed by atoms with E-state index in [9.17, 15) is 4.79 Å². The number of imidazole rings is 1. The number of rotatable bonds is 4. The molecule has 0 aliphatic carbocycles. The number of nitrogens with two attached hydrogens (primary N) is 1. The largest absolute Gasteiger partial charge is 0.465 e. The van der Waals surface area contributed by atoms with Crippen LogP contribution in [-0.4, -0.2) is 27.1 Å². The molecule has 0 saturated carbocycles. The molecule has 0 radical (unpaired) electrons. The fourth-order valence-electron chi connectivity index (χ4n) is 1.59. The van der Waals surface area contributed by atoms with Gasteiger partial charge in [0.05, 0.1) is 24.8 Å². The summed E-state index contributed by atoms with van der Waals surface area (Å²) >= 11 is 0. The summed E-state index contributed by atoms with van der Waals surface area (Å²) in [4.78, 5) is 19.5. The highest BCUT2D eigenvalue weighted by atomic mass is 16.5. The number of nitrogens with zero attached hydrogens (tertiary/aromatic N) is 3. The van der Waals surface area contributed by atoms with Gasteiger partial charge in [0.25, 0.3) is 0 Å². The Morgan fingerprint density at radius 2 is 2.28 bits per heavy atom. The van der Waals surface area contributed by atoms with E-state index in [1.54, 1.807) is 36.3 Å². The van der Waals surface area contributed by atoms with E-state index in [4.69, 9.17) is 10.5 Å². The first-order chi connectivity index (χ1) is 8.70. The summed E-state index contributed by atoms with van der Waals surface area (Å²) in [5, 5.41) is 0. The number of pyridine rings is 1. The van der Waals surface area contributed by atoms with Gasteiger partial charge in [-0.3, -0.25) is 4.79 Å². The van der Waals surface area contributed by atoms with E-state index in [1.807, 2.05) is 6.07 Å². The zero-order valence-corrected chi connectivity index (χ0v) is 10.0. The lowest BCUT2D eigenvalue weighted by Crippen LogP contribution is -2.13. The Labute approximate surface area is 104 Å². The molecule has 2 aromatic heterocycles. The first kappa shape index (κ1) is 12.1. The number of nitrogen functional groups attached to an aromatic ring is 1. The van der Waals surface area contributed by atoms with Gasteiger partial charge < -0.3 is 15.0 Å². The SMILES string of the molecule is CCOC(=O)Cn1cncc1-c1ccc(N)nc1. The van der Waals surface area contributed by atoms with Gasteiger partial charge in [0.2, 0.25) is 0 Å². The van der Waals surface area contributed by atoms with Crippen molar-refractivity contribution < 1.29 is 9.53 Å². The van der Waals surface area contributed by atoms with Gasteiger partial charge in [0, 0.05) is 11.8 Å². The standard InChI is InChI=1S/C12H14N4O2/c1-2-18-12(17)7-16-8-14-6-10(16)9-3-4-11(13)15-5-9/h3-6,8H,2,7H2,1H3,(H2,13,15). The highest BCUT2D eigenvalue weighted by Crippen LogP contribution is 2.18. The smallest absolute Gasteiger partial charge is 0.325 e. The molecular formula is C12H14N4O2. The van der Waals surface area contributed by atoms with Gasteiger partial charge in [-0.05, 0) is 19.1 Å². The molecule has 2 rings (SSSR count). The number of hydrogen-bond donors (Lipinski definition) is 1. The van der Waals surface area contributed by atoms with Gasteiger partial charge in [0.1, 0.15) is 12.4 Å². The van der Waals surface area contributed by atoms with Crippen molar-refractivity contribution in [2.24, 2.45) is 0 Å². The van der Waals surface area contributed by atoms with Crippen LogP contribution >= 0.6 is 0 Å². The maximum Gasteiger partial charge on any atom is 0.325 e. The van der Waals surface area contributed by atoms with E-state index in [1.165, 1.54) is 0 Å². The molecule has 0 aromatic carbocycles. The summed E-state index contributed by atoms with van der Waals surface area (Å²) in [6, 6.07) is 3.54. The molecule has 2 heterocycles. The number of anilines is 1. The van der Waals surface area contributed by atoms with Crippen LogP contribution in [0.3, 0.4) is 0 Å². The molecule has 6 nitrogen and oxygen atoms in total. The van der Waals surface area contributed by atoms with Crippen LogP contribution < -0.4 is 5.73 Å². The quantitative estimate of drug-likeness (QED) is 0.816. The summed E-state index contributed by atoms with van der Waals surface area (Å²) in [5.41, 5.74) is 7.18. The zero-order chi connectivity index (χ0) is 13.0. The minimum atomic E-state index is -0.292. The average Bonchev–Trinajstić information content (AvgIpc) is 2.78. The molecule has 94 valence electrons. The zero-order valence-electron chi connectivity index (χ0n) is 10.0. The fraction of sp³-hybridized carbons (Fsp3) is 0.250. The van der Waals surface area contributed by atoms with Crippen LogP contribution in [-0.2, 0) is 16.1 Å². The minimum Gasteiger partial charge on any atom is -0.465 e. The van der Waals surface area contributed by atoms with E-state index in [0.717, 1.165) is 11.3 Å². The summed E-state index contributed by atoms with van der Waals surface area (Å²) in [5.74, 6) is 0.162. The lowest BCUT2D eigenvalue weighted by atomic mass is 10.2. The highest BCUT2D eigenvalue weighted by Gasteiger charge is 2.09. The number of ether oxygens (including phenoxy) is 1. The highest BCUT2D eigenvalue weighted by molar-refractivity contribution is 5.70. The van der Waals surface area contributed by atoms with Crippen molar-refractivity contribution in [3.63, 3.8) is 0 Å². The van der Waals surface area contributed by atoms with Crippen molar-refractivity contribution in [1.82, 2.24) is 14.5 Å². The third kappa shape index (κ3) is 2.65. The molecule has 0 amide bonds. The van der Waals surface area contributed by atoms with Gasteiger partial charge >= 0.3 is 5.97 Å². The van der Waals surface area contributed by atoms with Gasteiger partial charge in [-0.2, -0.15) is 0 Å². The number of hydrogen-bond acceptors (Lipinski definition) is 5. The second-order valence-corrected chi connectivity index (χ2v) is 3.68. The molecule has 0 atom stereocenters. The predicted octanol–water partition coefficient (Wildman–Crippen LogP) is 1.09. The molecular weight excluding hydrogens is 232 g/mol. The van der Waals surface area contributed by atoms with Crippen molar-refractivity contribution in [3.05, 3.63) is 30.9 Å². The number of carbonyl (C=O) groups excluding carboxylic acids is 1. The Morgan fingerprint density at radius 1 is 1.44 bits per heavy atom. The topological polar surface area (TPSA) is 83.0 Å². The van der Waals surface area contributed by atoms with Crippen molar-refractivity contribution in [1.29, 1.82) is 0 Å². The summed E-state index contributed by atoms with van der Waals surface area (Å²) < 4.78 is 6.62. The third-order valence-electron chi connectivity index (χ3n) is 2.40.